The molecule has 0 spiro atoms. The number of aryl methyl sites for hydroxylation is 1. The molecule has 2 N–H and O–H groups in total. The molecule has 0 aliphatic heterocycles. The third-order valence-electron chi connectivity index (χ3n) is 2.87. The molecule has 0 heterocycles. The smallest absolute Gasteiger partial charge is 0.129 e. The van der Waals surface area contributed by atoms with Crippen molar-refractivity contribution in [3.05, 3.63) is 64.7 Å². The van der Waals surface area contributed by atoms with Crippen molar-refractivity contribution in [2.24, 2.45) is 5.73 Å². The fraction of sp³-hybridized carbons (Fsp3) is 0.133. The van der Waals surface area contributed by atoms with E-state index in [4.69, 9.17) is 22.7 Å². The van der Waals surface area contributed by atoms with E-state index in [1.54, 1.807) is 19.1 Å². The molecule has 0 saturated carbocycles. The lowest BCUT2D eigenvalue weighted by Crippen LogP contribution is -2.13. The first kappa shape index (κ1) is 14.4. The zero-order valence-corrected chi connectivity index (χ0v) is 11.6. The molecule has 0 unspecified atom stereocenters. The SMILES string of the molecule is Cc1ccc(OCc2cc(F)ccc2C(N)=S)cc1F. The standard InChI is InChI=1S/C15H13F2NOS/c1-9-2-4-12(7-14(9)17)19-8-10-6-11(16)3-5-13(10)15(18)20/h2-7H,8H2,1H3,(H2,18,20). The molecule has 0 atom stereocenters. The molecule has 0 aliphatic carbocycles. The second-order valence-electron chi connectivity index (χ2n) is 4.37. The third-order valence-corrected chi connectivity index (χ3v) is 3.09. The summed E-state index contributed by atoms with van der Waals surface area (Å²) in [7, 11) is 0. The summed E-state index contributed by atoms with van der Waals surface area (Å²) in [6.07, 6.45) is 0. The van der Waals surface area contributed by atoms with Crippen LogP contribution in [0.3, 0.4) is 0 Å². The van der Waals surface area contributed by atoms with Crippen LogP contribution in [-0.2, 0) is 6.61 Å². The van der Waals surface area contributed by atoms with E-state index in [1.165, 1.54) is 24.3 Å². The van der Waals surface area contributed by atoms with Gasteiger partial charge in [0.2, 0.25) is 0 Å². The van der Waals surface area contributed by atoms with E-state index in [1.807, 2.05) is 0 Å². The van der Waals surface area contributed by atoms with Gasteiger partial charge < -0.3 is 10.5 Å². The Morgan fingerprint density at radius 3 is 2.60 bits per heavy atom. The molecule has 2 aromatic rings. The summed E-state index contributed by atoms with van der Waals surface area (Å²) in [6.45, 7) is 1.73. The number of hydrogen-bond acceptors (Lipinski definition) is 2. The second kappa shape index (κ2) is 5.96. The van der Waals surface area contributed by atoms with Crippen LogP contribution in [0.5, 0.6) is 5.75 Å². The van der Waals surface area contributed by atoms with E-state index < -0.39 is 5.82 Å². The molecule has 0 saturated heterocycles. The van der Waals surface area contributed by atoms with Gasteiger partial charge in [-0.3, -0.25) is 0 Å². The van der Waals surface area contributed by atoms with Crippen molar-refractivity contribution in [1.29, 1.82) is 0 Å². The first-order valence-corrected chi connectivity index (χ1v) is 6.35. The molecule has 0 amide bonds. The molecular weight excluding hydrogens is 280 g/mol. The van der Waals surface area contributed by atoms with Gasteiger partial charge in [0.25, 0.3) is 0 Å². The Balaban J connectivity index is 2.20. The lowest BCUT2D eigenvalue weighted by Gasteiger charge is -2.11. The van der Waals surface area contributed by atoms with Crippen LogP contribution in [0.1, 0.15) is 16.7 Å². The molecule has 0 fully saturated rings. The molecule has 0 aliphatic rings. The van der Waals surface area contributed by atoms with Gasteiger partial charge in [0.15, 0.2) is 0 Å². The van der Waals surface area contributed by atoms with Crippen molar-refractivity contribution in [2.45, 2.75) is 13.5 Å². The number of thiocarbonyl (C=S) groups is 1. The number of benzene rings is 2. The van der Waals surface area contributed by atoms with Crippen molar-refractivity contribution in [3.8, 4) is 5.75 Å². The Morgan fingerprint density at radius 1 is 1.20 bits per heavy atom. The summed E-state index contributed by atoms with van der Waals surface area (Å²) in [4.78, 5) is 0.165. The maximum Gasteiger partial charge on any atom is 0.129 e. The Kier molecular flexibility index (Phi) is 4.29. The topological polar surface area (TPSA) is 35.2 Å². The van der Waals surface area contributed by atoms with Gasteiger partial charge in [0.1, 0.15) is 29.0 Å². The lowest BCUT2D eigenvalue weighted by molar-refractivity contribution is 0.303. The van der Waals surface area contributed by atoms with E-state index in [-0.39, 0.29) is 17.4 Å². The second-order valence-corrected chi connectivity index (χ2v) is 4.81. The number of rotatable bonds is 4. The van der Waals surface area contributed by atoms with Gasteiger partial charge >= 0.3 is 0 Å². The van der Waals surface area contributed by atoms with Crippen LogP contribution in [0.4, 0.5) is 8.78 Å². The Hall–Kier alpha value is -2.01. The summed E-state index contributed by atoms with van der Waals surface area (Å²) in [5.41, 5.74) is 7.18. The number of ether oxygens (including phenoxy) is 1. The Bertz CT molecular complexity index is 658. The predicted octanol–water partition coefficient (Wildman–Crippen LogP) is 3.49. The zero-order chi connectivity index (χ0) is 14.7. The zero-order valence-electron chi connectivity index (χ0n) is 10.8. The van der Waals surface area contributed by atoms with Gasteiger partial charge in [-0.25, -0.2) is 8.78 Å². The van der Waals surface area contributed by atoms with E-state index in [0.29, 0.717) is 22.4 Å². The molecule has 0 aromatic heterocycles. The average Bonchev–Trinajstić information content (AvgIpc) is 2.40. The molecule has 2 nitrogen and oxygen atoms in total. The summed E-state index contributed by atoms with van der Waals surface area (Å²) >= 11 is 4.90. The van der Waals surface area contributed by atoms with Crippen LogP contribution >= 0.6 is 12.2 Å². The lowest BCUT2D eigenvalue weighted by atomic mass is 10.1. The summed E-state index contributed by atoms with van der Waals surface area (Å²) in [5.74, 6) is -0.388. The molecular formula is C15H13F2NOS. The number of halogens is 2. The van der Waals surface area contributed by atoms with Crippen molar-refractivity contribution in [1.82, 2.24) is 0 Å². The van der Waals surface area contributed by atoms with Gasteiger partial charge in [-0.15, -0.1) is 0 Å². The van der Waals surface area contributed by atoms with E-state index in [2.05, 4.69) is 0 Å². The molecule has 104 valence electrons. The molecule has 0 radical (unpaired) electrons. The van der Waals surface area contributed by atoms with E-state index in [9.17, 15) is 8.78 Å². The van der Waals surface area contributed by atoms with Crippen molar-refractivity contribution in [2.75, 3.05) is 0 Å². The molecule has 2 aromatic carbocycles. The highest BCUT2D eigenvalue weighted by molar-refractivity contribution is 7.80. The van der Waals surface area contributed by atoms with Gasteiger partial charge in [-0.05, 0) is 36.8 Å². The number of nitrogens with two attached hydrogens (primary N) is 1. The minimum atomic E-state index is -0.404. The van der Waals surface area contributed by atoms with Gasteiger partial charge in [-0.2, -0.15) is 0 Å². The molecule has 5 heteroatoms. The first-order valence-electron chi connectivity index (χ1n) is 5.94. The molecule has 0 bridgehead atoms. The van der Waals surface area contributed by atoms with Crippen LogP contribution < -0.4 is 10.5 Å². The van der Waals surface area contributed by atoms with Crippen LogP contribution in [-0.4, -0.2) is 4.99 Å². The highest BCUT2D eigenvalue weighted by Gasteiger charge is 2.08. The third kappa shape index (κ3) is 3.30. The van der Waals surface area contributed by atoms with Gasteiger partial charge in [0.05, 0.1) is 0 Å². The monoisotopic (exact) mass is 293 g/mol. The quantitative estimate of drug-likeness (QED) is 0.877. The summed E-state index contributed by atoms with van der Waals surface area (Å²) in [6, 6.07) is 8.65. The minimum Gasteiger partial charge on any atom is -0.489 e. The number of hydrogen-bond donors (Lipinski definition) is 1. The molecule has 2 rings (SSSR count). The van der Waals surface area contributed by atoms with Crippen LogP contribution in [0.15, 0.2) is 36.4 Å². The van der Waals surface area contributed by atoms with Crippen molar-refractivity contribution < 1.29 is 13.5 Å². The minimum absolute atomic E-state index is 0.0624. The maximum atomic E-state index is 13.4. The Morgan fingerprint density at radius 2 is 1.95 bits per heavy atom. The summed E-state index contributed by atoms with van der Waals surface area (Å²) in [5, 5.41) is 0. The highest BCUT2D eigenvalue weighted by Crippen LogP contribution is 2.19. The van der Waals surface area contributed by atoms with Gasteiger partial charge in [-0.1, -0.05) is 18.3 Å². The highest BCUT2D eigenvalue weighted by atomic mass is 32.1. The van der Waals surface area contributed by atoms with E-state index in [0.717, 1.165) is 0 Å². The molecule has 20 heavy (non-hydrogen) atoms. The van der Waals surface area contributed by atoms with Crippen molar-refractivity contribution in [3.63, 3.8) is 0 Å². The normalized spacial score (nSPS) is 10.3. The summed E-state index contributed by atoms with van der Waals surface area (Å²) < 4.78 is 32.1. The van der Waals surface area contributed by atoms with E-state index >= 15 is 0 Å². The average molecular weight is 293 g/mol. The van der Waals surface area contributed by atoms with Crippen LogP contribution in [0.25, 0.3) is 0 Å². The largest absolute Gasteiger partial charge is 0.489 e. The Labute approximate surface area is 121 Å². The fourth-order valence-corrected chi connectivity index (χ4v) is 1.95. The van der Waals surface area contributed by atoms with Crippen molar-refractivity contribution >= 4 is 17.2 Å². The maximum absolute atomic E-state index is 13.4. The predicted molar refractivity (Wildman–Crippen MR) is 77.8 cm³/mol. The van der Waals surface area contributed by atoms with Gasteiger partial charge in [0, 0.05) is 17.2 Å². The fourth-order valence-electron chi connectivity index (χ4n) is 1.75. The van der Waals surface area contributed by atoms with Crippen LogP contribution in [0.2, 0.25) is 0 Å². The first-order chi connectivity index (χ1) is 9.47. The van der Waals surface area contributed by atoms with Crippen LogP contribution in [0, 0.1) is 18.6 Å².